The Bertz CT molecular complexity index is 1020. The summed E-state index contributed by atoms with van der Waals surface area (Å²) in [6.45, 7) is 1.97. The number of rotatable bonds is 5. The fourth-order valence-corrected chi connectivity index (χ4v) is 4.79. The lowest BCUT2D eigenvalue weighted by atomic mass is 10.0. The molecule has 0 fully saturated rings. The Kier molecular flexibility index (Phi) is 5.07. The number of carbonyl (C=O) groups excluding carboxylic acids is 1. The van der Waals surface area contributed by atoms with E-state index in [9.17, 15) is 9.59 Å². The molecule has 1 aliphatic carbocycles. The first-order valence-electron chi connectivity index (χ1n) is 9.50. The van der Waals surface area contributed by atoms with Gasteiger partial charge in [-0.15, -0.1) is 11.3 Å². The van der Waals surface area contributed by atoms with Crippen LogP contribution < -0.4 is 10.9 Å². The van der Waals surface area contributed by atoms with Crippen molar-refractivity contribution >= 4 is 22.2 Å². The number of nitrogens with one attached hydrogen (secondary N) is 1. The maximum absolute atomic E-state index is 12.9. The summed E-state index contributed by atoms with van der Waals surface area (Å²) in [5.41, 5.74) is 2.18. The molecule has 0 saturated heterocycles. The molecule has 2 aromatic heterocycles. The molecule has 3 aromatic rings. The number of benzene rings is 1. The van der Waals surface area contributed by atoms with E-state index in [1.54, 1.807) is 15.7 Å². The van der Waals surface area contributed by atoms with Crippen LogP contribution in [0.1, 0.15) is 52.7 Å². The molecule has 0 saturated carbocycles. The highest BCUT2D eigenvalue weighted by molar-refractivity contribution is 7.17. The maximum Gasteiger partial charge on any atom is 0.271 e. The van der Waals surface area contributed by atoms with Gasteiger partial charge in [-0.1, -0.05) is 30.3 Å². The van der Waals surface area contributed by atoms with Crippen molar-refractivity contribution in [2.45, 2.75) is 51.5 Å². The minimum atomic E-state index is -0.335. The van der Waals surface area contributed by atoms with Crippen molar-refractivity contribution < 1.29 is 4.79 Å². The summed E-state index contributed by atoms with van der Waals surface area (Å²) in [6.07, 6.45) is 7.26. The zero-order chi connectivity index (χ0) is 18.8. The minimum absolute atomic E-state index is 0.0193. The van der Waals surface area contributed by atoms with E-state index >= 15 is 0 Å². The molecule has 6 heteroatoms. The molecule has 0 spiro atoms. The summed E-state index contributed by atoms with van der Waals surface area (Å²) in [5.74, 6) is -0.335. The van der Waals surface area contributed by atoms with Crippen LogP contribution in [0.15, 0.2) is 41.3 Å². The highest BCUT2D eigenvalue weighted by atomic mass is 32.1. The Morgan fingerprint density at radius 1 is 1.26 bits per heavy atom. The predicted octanol–water partition coefficient (Wildman–Crippen LogP) is 3.39. The predicted molar refractivity (Wildman–Crippen MR) is 108 cm³/mol. The van der Waals surface area contributed by atoms with Crippen molar-refractivity contribution in [2.24, 2.45) is 0 Å². The molecule has 1 unspecified atom stereocenters. The topological polar surface area (TPSA) is 63.5 Å². The number of amides is 1. The molecule has 1 amide bonds. The first kappa shape index (κ1) is 17.9. The van der Waals surface area contributed by atoms with Crippen LogP contribution >= 0.6 is 11.3 Å². The lowest BCUT2D eigenvalue weighted by Gasteiger charge is -2.14. The number of nitrogens with zero attached hydrogens (tertiary/aromatic N) is 2. The molecule has 27 heavy (non-hydrogen) atoms. The largest absolute Gasteiger partial charge is 0.349 e. The van der Waals surface area contributed by atoms with E-state index in [0.29, 0.717) is 4.96 Å². The lowest BCUT2D eigenvalue weighted by Crippen LogP contribution is -2.37. The maximum atomic E-state index is 12.9. The molecule has 4 rings (SSSR count). The van der Waals surface area contributed by atoms with Crippen molar-refractivity contribution in [1.29, 1.82) is 0 Å². The first-order valence-corrected chi connectivity index (χ1v) is 10.3. The fourth-order valence-electron chi connectivity index (χ4n) is 3.63. The van der Waals surface area contributed by atoms with Gasteiger partial charge in [-0.3, -0.25) is 14.0 Å². The van der Waals surface area contributed by atoms with Crippen LogP contribution in [0.3, 0.4) is 0 Å². The number of aryl methyl sites for hydroxylation is 3. The average Bonchev–Trinajstić information content (AvgIpc) is 3.07. The van der Waals surface area contributed by atoms with Crippen molar-refractivity contribution in [3.63, 3.8) is 0 Å². The van der Waals surface area contributed by atoms with Crippen molar-refractivity contribution in [1.82, 2.24) is 14.7 Å². The second kappa shape index (κ2) is 7.64. The van der Waals surface area contributed by atoms with Gasteiger partial charge in [-0.2, -0.15) is 0 Å². The average molecular weight is 382 g/mol. The van der Waals surface area contributed by atoms with E-state index in [4.69, 9.17) is 0 Å². The van der Waals surface area contributed by atoms with Crippen molar-refractivity contribution in [3.05, 3.63) is 68.6 Å². The van der Waals surface area contributed by atoms with Crippen LogP contribution in [-0.2, 0) is 19.3 Å². The smallest absolute Gasteiger partial charge is 0.271 e. The van der Waals surface area contributed by atoms with Crippen LogP contribution in [0.25, 0.3) is 4.96 Å². The monoisotopic (exact) mass is 381 g/mol. The Hall–Kier alpha value is -2.47. The third-order valence-electron chi connectivity index (χ3n) is 5.13. The number of hydrogen-bond acceptors (Lipinski definition) is 4. The van der Waals surface area contributed by atoms with Gasteiger partial charge in [0.25, 0.3) is 11.5 Å². The van der Waals surface area contributed by atoms with Gasteiger partial charge in [0.05, 0.1) is 0 Å². The Morgan fingerprint density at radius 3 is 2.85 bits per heavy atom. The van der Waals surface area contributed by atoms with Gasteiger partial charge >= 0.3 is 0 Å². The minimum Gasteiger partial charge on any atom is -0.349 e. The number of fused-ring (bicyclic) bond motifs is 3. The summed E-state index contributed by atoms with van der Waals surface area (Å²) in [4.78, 5) is 31.9. The van der Waals surface area contributed by atoms with E-state index in [-0.39, 0.29) is 23.1 Å². The van der Waals surface area contributed by atoms with Gasteiger partial charge < -0.3 is 5.32 Å². The molecular weight excluding hydrogens is 358 g/mol. The SMILES string of the molecule is CC(CCc1ccccc1)NC(=O)c1cnc2sc3c(n2c1=O)CCCC3. The Labute approximate surface area is 162 Å². The molecule has 1 atom stereocenters. The Balaban J connectivity index is 1.50. The van der Waals surface area contributed by atoms with E-state index in [1.165, 1.54) is 16.6 Å². The molecule has 0 aliphatic heterocycles. The zero-order valence-corrected chi connectivity index (χ0v) is 16.2. The van der Waals surface area contributed by atoms with E-state index < -0.39 is 0 Å². The number of hydrogen-bond donors (Lipinski definition) is 1. The van der Waals surface area contributed by atoms with Gasteiger partial charge in [0.15, 0.2) is 4.96 Å². The fraction of sp³-hybridized carbons (Fsp3) is 0.381. The quantitative estimate of drug-likeness (QED) is 0.737. The third kappa shape index (κ3) is 3.67. The lowest BCUT2D eigenvalue weighted by molar-refractivity contribution is 0.0936. The number of aromatic nitrogens is 2. The van der Waals surface area contributed by atoms with Gasteiger partial charge in [-0.25, -0.2) is 4.98 Å². The van der Waals surface area contributed by atoms with Crippen LogP contribution in [0.4, 0.5) is 0 Å². The number of thiazole rings is 1. The summed E-state index contributed by atoms with van der Waals surface area (Å²) in [5, 5.41) is 2.96. The van der Waals surface area contributed by atoms with Gasteiger partial charge in [-0.05, 0) is 51.0 Å². The second-order valence-electron chi connectivity index (χ2n) is 7.17. The van der Waals surface area contributed by atoms with Crippen molar-refractivity contribution in [2.75, 3.05) is 0 Å². The number of carbonyl (C=O) groups is 1. The van der Waals surface area contributed by atoms with Gasteiger partial charge in [0.2, 0.25) is 0 Å². The second-order valence-corrected chi connectivity index (χ2v) is 8.23. The van der Waals surface area contributed by atoms with E-state index in [2.05, 4.69) is 22.4 Å². The molecule has 1 N–H and O–H groups in total. The molecular formula is C21H23N3O2S. The Morgan fingerprint density at radius 2 is 2.04 bits per heavy atom. The highest BCUT2D eigenvalue weighted by Crippen LogP contribution is 2.28. The molecule has 0 bridgehead atoms. The van der Waals surface area contributed by atoms with Crippen LogP contribution in [0, 0.1) is 0 Å². The molecule has 1 aliphatic rings. The third-order valence-corrected chi connectivity index (χ3v) is 6.29. The van der Waals surface area contributed by atoms with Crippen LogP contribution in [0.5, 0.6) is 0 Å². The van der Waals surface area contributed by atoms with Gasteiger partial charge in [0.1, 0.15) is 5.56 Å². The standard InChI is InChI=1S/C21H23N3O2S/c1-14(11-12-15-7-3-2-4-8-15)23-19(25)16-13-22-21-24(20(16)26)17-9-5-6-10-18(17)27-21/h2-4,7-8,13-14H,5-6,9-12H2,1H3,(H,23,25). The normalized spacial score (nSPS) is 14.7. The van der Waals surface area contributed by atoms with Crippen LogP contribution in [-0.4, -0.2) is 21.3 Å². The first-order chi connectivity index (χ1) is 13.1. The summed E-state index contributed by atoms with van der Waals surface area (Å²) in [6, 6.07) is 10.2. The molecule has 140 valence electrons. The molecule has 1 aromatic carbocycles. The summed E-state index contributed by atoms with van der Waals surface area (Å²) in [7, 11) is 0. The zero-order valence-electron chi connectivity index (χ0n) is 15.4. The van der Waals surface area contributed by atoms with Crippen molar-refractivity contribution in [3.8, 4) is 0 Å². The highest BCUT2D eigenvalue weighted by Gasteiger charge is 2.22. The summed E-state index contributed by atoms with van der Waals surface area (Å²) >= 11 is 1.57. The van der Waals surface area contributed by atoms with Gasteiger partial charge in [0, 0.05) is 22.8 Å². The van der Waals surface area contributed by atoms with E-state index in [0.717, 1.165) is 44.2 Å². The molecule has 0 radical (unpaired) electrons. The van der Waals surface area contributed by atoms with Crippen LogP contribution in [0.2, 0.25) is 0 Å². The van der Waals surface area contributed by atoms with E-state index in [1.807, 2.05) is 25.1 Å². The molecule has 2 heterocycles. The molecule has 5 nitrogen and oxygen atoms in total. The summed E-state index contributed by atoms with van der Waals surface area (Å²) < 4.78 is 1.66.